The molecule has 12 heteroatoms. The molecular formula is C41H67O11P. The van der Waals surface area contributed by atoms with E-state index in [1.54, 1.807) is 42.5 Å². The van der Waals surface area contributed by atoms with Crippen molar-refractivity contribution < 1.29 is 53.3 Å². The van der Waals surface area contributed by atoms with Gasteiger partial charge in [0.1, 0.15) is 6.61 Å². The van der Waals surface area contributed by atoms with Crippen LogP contribution < -0.4 is 0 Å². The summed E-state index contributed by atoms with van der Waals surface area (Å²) in [6.07, 6.45) is 35.4. The number of phosphoric ester groups is 1. The molecule has 0 aliphatic carbocycles. The van der Waals surface area contributed by atoms with Gasteiger partial charge >= 0.3 is 19.8 Å². The second-order valence-corrected chi connectivity index (χ2v) is 14.0. The number of carbonyl (C=O) groups is 2. The van der Waals surface area contributed by atoms with Crippen LogP contribution in [-0.4, -0.2) is 74.7 Å². The van der Waals surface area contributed by atoms with Crippen molar-refractivity contribution >= 4 is 19.8 Å². The molecular weight excluding hydrogens is 699 g/mol. The summed E-state index contributed by atoms with van der Waals surface area (Å²) in [6.45, 7) is 3.14. The lowest BCUT2D eigenvalue weighted by Crippen LogP contribution is -2.29. The lowest BCUT2D eigenvalue weighted by molar-refractivity contribution is -0.161. The summed E-state index contributed by atoms with van der Waals surface area (Å²) in [5.74, 6) is -1.25. The van der Waals surface area contributed by atoms with Crippen molar-refractivity contribution in [2.75, 3.05) is 13.2 Å². The molecule has 0 aromatic carbocycles. The van der Waals surface area contributed by atoms with Gasteiger partial charge in [-0.1, -0.05) is 137 Å². The van der Waals surface area contributed by atoms with E-state index in [9.17, 15) is 29.5 Å². The molecule has 5 N–H and O–H groups in total. The third-order valence-electron chi connectivity index (χ3n) is 7.77. The van der Waals surface area contributed by atoms with E-state index in [2.05, 4.69) is 35.8 Å². The number of hydrogen-bond acceptors (Lipinski definition) is 9. The zero-order valence-electron chi connectivity index (χ0n) is 32.0. The number of hydrogen-bond donors (Lipinski definition) is 5. The van der Waals surface area contributed by atoms with Gasteiger partial charge in [0.05, 0.1) is 24.9 Å². The Labute approximate surface area is 318 Å². The van der Waals surface area contributed by atoms with Gasteiger partial charge in [0, 0.05) is 12.8 Å². The molecule has 302 valence electrons. The van der Waals surface area contributed by atoms with E-state index in [1.807, 2.05) is 19.1 Å². The van der Waals surface area contributed by atoms with Gasteiger partial charge in [-0.2, -0.15) is 0 Å². The highest BCUT2D eigenvalue weighted by Crippen LogP contribution is 2.36. The fourth-order valence-corrected chi connectivity index (χ4v) is 5.12. The van der Waals surface area contributed by atoms with E-state index in [-0.39, 0.29) is 25.7 Å². The Morgan fingerprint density at radius 3 is 1.87 bits per heavy atom. The van der Waals surface area contributed by atoms with Gasteiger partial charge in [0.2, 0.25) is 0 Å². The van der Waals surface area contributed by atoms with Gasteiger partial charge in [0.25, 0.3) is 0 Å². The summed E-state index contributed by atoms with van der Waals surface area (Å²) in [6, 6.07) is 0. The van der Waals surface area contributed by atoms with Crippen LogP contribution in [0.25, 0.3) is 0 Å². The maximum absolute atomic E-state index is 12.4. The number of ether oxygens (including phenoxy) is 2. The molecule has 53 heavy (non-hydrogen) atoms. The van der Waals surface area contributed by atoms with Crippen LogP contribution in [-0.2, 0) is 28.2 Å². The molecule has 0 bridgehead atoms. The Hall–Kier alpha value is -2.89. The molecule has 11 nitrogen and oxygen atoms in total. The minimum absolute atomic E-state index is 0.0963. The fourth-order valence-electron chi connectivity index (χ4n) is 4.76. The van der Waals surface area contributed by atoms with Gasteiger partial charge in [0.15, 0.2) is 6.10 Å². The monoisotopic (exact) mass is 766 g/mol. The number of carbonyl (C=O) groups excluding carboxylic acids is 2. The highest BCUT2D eigenvalue weighted by atomic mass is 31.2. The predicted octanol–water partition coefficient (Wildman–Crippen LogP) is 8.20. The van der Waals surface area contributed by atoms with Crippen LogP contribution in [0.5, 0.6) is 0 Å². The molecule has 0 heterocycles. The molecule has 0 aliphatic heterocycles. The standard InChI is InChI=1S/C41H67O11P/c1-3-5-7-8-9-10-11-12-13-14-15-16-17-22-26-32-41(46)52-37(35-51-53(47,48)49)34-50-40(45)33-27-31-39(44)38(43)30-25-21-19-18-20-24-29-36(42)28-23-6-4-2/h6,10-13,18-21,23-25,29-30,36-39,42-44H,3-5,7-9,14-17,22,26-28,31-35H2,1-2H3,(H2,47,48,49)/b11-10-,13-12-,20-18+,21-19-,23-6-,29-24+,30-25-/t36-,37-,38+,39+/m1/s1. The minimum Gasteiger partial charge on any atom is -0.462 e. The Morgan fingerprint density at radius 2 is 1.23 bits per heavy atom. The third kappa shape index (κ3) is 35.9. The van der Waals surface area contributed by atoms with Gasteiger partial charge in [-0.3, -0.25) is 14.1 Å². The summed E-state index contributed by atoms with van der Waals surface area (Å²) in [5.41, 5.74) is 0. The first-order valence-electron chi connectivity index (χ1n) is 19.2. The maximum Gasteiger partial charge on any atom is 0.469 e. The van der Waals surface area contributed by atoms with Crippen molar-refractivity contribution in [3.05, 3.63) is 85.1 Å². The van der Waals surface area contributed by atoms with Crippen molar-refractivity contribution in [3.63, 3.8) is 0 Å². The number of aliphatic hydroxyl groups excluding tert-OH is 3. The quantitative estimate of drug-likeness (QED) is 0.0143. The normalized spacial score (nSPS) is 15.2. The molecule has 0 spiro atoms. The number of allylic oxidation sites excluding steroid dienone is 11. The Balaban J connectivity index is 4.36. The number of aliphatic hydroxyl groups is 3. The summed E-state index contributed by atoms with van der Waals surface area (Å²) in [7, 11) is -4.84. The van der Waals surface area contributed by atoms with Crippen molar-refractivity contribution in [2.45, 2.75) is 147 Å². The summed E-state index contributed by atoms with van der Waals surface area (Å²) in [4.78, 5) is 42.8. The van der Waals surface area contributed by atoms with Crippen molar-refractivity contribution in [2.24, 2.45) is 0 Å². The highest BCUT2D eigenvalue weighted by Gasteiger charge is 2.23. The number of esters is 2. The summed E-state index contributed by atoms with van der Waals surface area (Å²) < 4.78 is 26.1. The molecule has 0 amide bonds. The van der Waals surface area contributed by atoms with Crippen LogP contribution in [0.2, 0.25) is 0 Å². The van der Waals surface area contributed by atoms with E-state index < -0.39 is 57.4 Å². The van der Waals surface area contributed by atoms with E-state index in [0.717, 1.165) is 44.9 Å². The second-order valence-electron chi connectivity index (χ2n) is 12.8. The van der Waals surface area contributed by atoms with Crippen LogP contribution in [0.3, 0.4) is 0 Å². The van der Waals surface area contributed by atoms with Gasteiger partial charge in [-0.15, -0.1) is 0 Å². The molecule has 0 saturated heterocycles. The Morgan fingerprint density at radius 1 is 0.642 bits per heavy atom. The molecule has 0 unspecified atom stereocenters. The number of rotatable bonds is 33. The molecule has 4 atom stereocenters. The van der Waals surface area contributed by atoms with E-state index >= 15 is 0 Å². The average Bonchev–Trinajstić information content (AvgIpc) is 3.11. The van der Waals surface area contributed by atoms with Crippen LogP contribution in [0.4, 0.5) is 0 Å². The zero-order valence-corrected chi connectivity index (χ0v) is 32.9. The summed E-state index contributed by atoms with van der Waals surface area (Å²) >= 11 is 0. The van der Waals surface area contributed by atoms with Crippen molar-refractivity contribution in [1.29, 1.82) is 0 Å². The predicted molar refractivity (Wildman–Crippen MR) is 211 cm³/mol. The van der Waals surface area contributed by atoms with Crippen LogP contribution >= 0.6 is 7.82 Å². The molecule has 0 fully saturated rings. The maximum atomic E-state index is 12.4. The first-order chi connectivity index (χ1) is 25.5. The largest absolute Gasteiger partial charge is 0.469 e. The smallest absolute Gasteiger partial charge is 0.462 e. The van der Waals surface area contributed by atoms with E-state index in [4.69, 9.17) is 19.3 Å². The molecule has 0 aromatic rings. The molecule has 0 rings (SSSR count). The third-order valence-corrected chi connectivity index (χ3v) is 8.25. The van der Waals surface area contributed by atoms with E-state index in [1.165, 1.54) is 31.8 Å². The first-order valence-corrected chi connectivity index (χ1v) is 20.8. The van der Waals surface area contributed by atoms with Crippen LogP contribution in [0, 0.1) is 0 Å². The minimum atomic E-state index is -4.84. The topological polar surface area (TPSA) is 180 Å². The molecule has 0 aliphatic rings. The zero-order chi connectivity index (χ0) is 39.4. The van der Waals surface area contributed by atoms with Gasteiger partial charge in [-0.25, -0.2) is 4.57 Å². The van der Waals surface area contributed by atoms with Crippen LogP contribution in [0.1, 0.15) is 123 Å². The highest BCUT2D eigenvalue weighted by molar-refractivity contribution is 7.46. The Bertz CT molecular complexity index is 1180. The molecule has 0 radical (unpaired) electrons. The van der Waals surface area contributed by atoms with Gasteiger partial charge in [-0.05, 0) is 57.8 Å². The fraction of sp³-hybridized carbons (Fsp3) is 0.610. The van der Waals surface area contributed by atoms with Crippen molar-refractivity contribution in [1.82, 2.24) is 0 Å². The second kappa shape index (κ2) is 34.9. The number of unbranched alkanes of at least 4 members (excludes halogenated alkanes) is 9. The SMILES string of the molecule is CC/C=C\C[C@@H](O)/C=C/C=C/C=C\C=C/[C@H](O)[C@@H](O)CCCC(=O)OC[C@H](COP(=O)(O)O)OC(=O)CCCCCCC/C=C\C=C/CCCCCC. The van der Waals surface area contributed by atoms with Gasteiger partial charge < -0.3 is 34.6 Å². The van der Waals surface area contributed by atoms with E-state index in [0.29, 0.717) is 12.8 Å². The Kier molecular flexibility index (Phi) is 33.0. The lowest BCUT2D eigenvalue weighted by atomic mass is 10.1. The number of phosphoric acid groups is 1. The van der Waals surface area contributed by atoms with Crippen molar-refractivity contribution in [3.8, 4) is 0 Å². The first kappa shape index (κ1) is 50.1. The molecule has 0 aromatic heterocycles. The van der Waals surface area contributed by atoms with Crippen LogP contribution in [0.15, 0.2) is 85.1 Å². The molecule has 0 saturated carbocycles. The summed E-state index contributed by atoms with van der Waals surface area (Å²) in [5, 5.41) is 30.2. The lowest BCUT2D eigenvalue weighted by Gasteiger charge is -2.18. The average molecular weight is 767 g/mol.